The predicted molar refractivity (Wildman–Crippen MR) is 65.5 cm³/mol. The molecule has 0 aromatic heterocycles. The van der Waals surface area contributed by atoms with E-state index in [0.717, 1.165) is 25.8 Å². The molecule has 0 aromatic rings. The third-order valence-electron chi connectivity index (χ3n) is 3.66. The van der Waals surface area contributed by atoms with Gasteiger partial charge in [-0.25, -0.2) is 0 Å². The van der Waals surface area contributed by atoms with Gasteiger partial charge in [0, 0.05) is 6.04 Å². The van der Waals surface area contributed by atoms with Gasteiger partial charge in [0.05, 0.1) is 19.1 Å². The van der Waals surface area contributed by atoms with Gasteiger partial charge in [-0.2, -0.15) is 13.2 Å². The zero-order valence-electron chi connectivity index (χ0n) is 11.4. The van der Waals surface area contributed by atoms with Gasteiger partial charge in [0.15, 0.2) is 0 Å². The van der Waals surface area contributed by atoms with Gasteiger partial charge in [-0.05, 0) is 24.8 Å². The van der Waals surface area contributed by atoms with Crippen LogP contribution in [0.2, 0.25) is 0 Å². The van der Waals surface area contributed by atoms with Crippen LogP contribution in [0.5, 0.6) is 0 Å². The van der Waals surface area contributed by atoms with Gasteiger partial charge in [-0.15, -0.1) is 0 Å². The fourth-order valence-corrected chi connectivity index (χ4v) is 2.72. The average Bonchev–Trinajstić information content (AvgIpc) is 2.20. The van der Waals surface area contributed by atoms with E-state index in [-0.39, 0.29) is 24.2 Å². The van der Waals surface area contributed by atoms with Crippen LogP contribution in [0.15, 0.2) is 0 Å². The Morgan fingerprint density at radius 1 is 1.33 bits per heavy atom. The molecular formula is C13H24F3NO. The lowest BCUT2D eigenvalue weighted by Gasteiger charge is -2.44. The summed E-state index contributed by atoms with van der Waals surface area (Å²) in [5.74, 6) is 0. The van der Waals surface area contributed by atoms with E-state index in [4.69, 9.17) is 4.74 Å². The summed E-state index contributed by atoms with van der Waals surface area (Å²) in [4.78, 5) is 0. The van der Waals surface area contributed by atoms with Crippen LogP contribution in [0.25, 0.3) is 0 Å². The highest BCUT2D eigenvalue weighted by Gasteiger charge is 2.39. The molecule has 0 amide bonds. The highest BCUT2D eigenvalue weighted by molar-refractivity contribution is 4.94. The topological polar surface area (TPSA) is 21.3 Å². The van der Waals surface area contributed by atoms with Gasteiger partial charge in [0.2, 0.25) is 0 Å². The molecule has 2 atom stereocenters. The van der Waals surface area contributed by atoms with Crippen molar-refractivity contribution in [1.29, 1.82) is 0 Å². The van der Waals surface area contributed by atoms with E-state index in [9.17, 15) is 13.2 Å². The Bertz CT molecular complexity index is 253. The second-order valence-corrected chi connectivity index (χ2v) is 5.69. The van der Waals surface area contributed by atoms with Gasteiger partial charge in [0.1, 0.15) is 0 Å². The SMILES string of the molecule is CCNC1C(OCCC(F)(F)F)CCCC1(C)C. The first kappa shape index (κ1) is 15.8. The van der Waals surface area contributed by atoms with E-state index in [0.29, 0.717) is 0 Å². The Morgan fingerprint density at radius 2 is 2.00 bits per heavy atom. The molecular weight excluding hydrogens is 243 g/mol. The molecule has 0 saturated heterocycles. The summed E-state index contributed by atoms with van der Waals surface area (Å²) < 4.78 is 41.8. The number of hydrogen-bond donors (Lipinski definition) is 1. The maximum atomic E-state index is 12.1. The molecule has 1 aliphatic rings. The lowest BCUT2D eigenvalue weighted by molar-refractivity contribution is -0.153. The number of alkyl halides is 3. The van der Waals surface area contributed by atoms with Crippen LogP contribution in [-0.4, -0.2) is 31.5 Å². The summed E-state index contributed by atoms with van der Waals surface area (Å²) in [6.07, 6.45) is -2.13. The molecule has 0 spiro atoms. The van der Waals surface area contributed by atoms with Gasteiger partial charge < -0.3 is 10.1 Å². The lowest BCUT2D eigenvalue weighted by Crippen LogP contribution is -2.53. The zero-order chi connectivity index (χ0) is 13.8. The molecule has 1 fully saturated rings. The van der Waals surface area contributed by atoms with Crippen molar-refractivity contribution >= 4 is 0 Å². The molecule has 0 radical (unpaired) electrons. The lowest BCUT2D eigenvalue weighted by atomic mass is 9.71. The van der Waals surface area contributed by atoms with E-state index in [1.54, 1.807) is 0 Å². The van der Waals surface area contributed by atoms with Gasteiger partial charge in [-0.3, -0.25) is 0 Å². The molecule has 0 bridgehead atoms. The van der Waals surface area contributed by atoms with Crippen LogP contribution in [0.1, 0.15) is 46.5 Å². The van der Waals surface area contributed by atoms with E-state index in [2.05, 4.69) is 19.2 Å². The van der Waals surface area contributed by atoms with Crippen LogP contribution in [0.3, 0.4) is 0 Å². The first-order valence-electron chi connectivity index (χ1n) is 6.68. The number of likely N-dealkylation sites (N-methyl/N-ethyl adjacent to an activating group) is 1. The Hall–Kier alpha value is -0.290. The second kappa shape index (κ2) is 6.24. The van der Waals surface area contributed by atoms with E-state index < -0.39 is 12.6 Å². The van der Waals surface area contributed by atoms with E-state index in [1.807, 2.05) is 6.92 Å². The molecule has 1 N–H and O–H groups in total. The molecule has 18 heavy (non-hydrogen) atoms. The maximum absolute atomic E-state index is 12.1. The van der Waals surface area contributed by atoms with Gasteiger partial charge in [-0.1, -0.05) is 27.2 Å². The van der Waals surface area contributed by atoms with Crippen LogP contribution in [0.4, 0.5) is 13.2 Å². The molecule has 1 aliphatic carbocycles. The number of halogens is 3. The molecule has 2 unspecified atom stereocenters. The fourth-order valence-electron chi connectivity index (χ4n) is 2.72. The van der Waals surface area contributed by atoms with Crippen molar-refractivity contribution < 1.29 is 17.9 Å². The number of hydrogen-bond acceptors (Lipinski definition) is 2. The molecule has 0 heterocycles. The van der Waals surface area contributed by atoms with Crippen LogP contribution < -0.4 is 5.32 Å². The van der Waals surface area contributed by atoms with Crippen molar-refractivity contribution in [2.24, 2.45) is 5.41 Å². The minimum Gasteiger partial charge on any atom is -0.376 e. The molecule has 1 rings (SSSR count). The third kappa shape index (κ3) is 4.76. The van der Waals surface area contributed by atoms with Crippen LogP contribution in [0, 0.1) is 5.41 Å². The largest absolute Gasteiger partial charge is 0.391 e. The summed E-state index contributed by atoms with van der Waals surface area (Å²) in [7, 11) is 0. The van der Waals surface area contributed by atoms with Crippen molar-refractivity contribution in [3.8, 4) is 0 Å². The summed E-state index contributed by atoms with van der Waals surface area (Å²) in [5, 5.41) is 3.37. The Balaban J connectivity index is 2.51. The first-order chi connectivity index (χ1) is 8.26. The highest BCUT2D eigenvalue weighted by atomic mass is 19.4. The van der Waals surface area contributed by atoms with Crippen molar-refractivity contribution in [2.45, 2.75) is 64.8 Å². The van der Waals surface area contributed by atoms with E-state index in [1.165, 1.54) is 0 Å². The molecule has 1 saturated carbocycles. The summed E-state index contributed by atoms with van der Waals surface area (Å²) in [6, 6.07) is 0.143. The van der Waals surface area contributed by atoms with Gasteiger partial charge in [0.25, 0.3) is 0 Å². The zero-order valence-corrected chi connectivity index (χ0v) is 11.4. The minimum atomic E-state index is -4.13. The van der Waals surface area contributed by atoms with Crippen LogP contribution >= 0.6 is 0 Å². The summed E-state index contributed by atoms with van der Waals surface area (Å²) in [6.45, 7) is 6.90. The fraction of sp³-hybridized carbons (Fsp3) is 1.00. The first-order valence-corrected chi connectivity index (χ1v) is 6.68. The van der Waals surface area contributed by atoms with Crippen molar-refractivity contribution in [2.75, 3.05) is 13.2 Å². The molecule has 108 valence electrons. The number of nitrogens with one attached hydrogen (secondary N) is 1. The minimum absolute atomic E-state index is 0.0805. The second-order valence-electron chi connectivity index (χ2n) is 5.69. The molecule has 5 heteroatoms. The van der Waals surface area contributed by atoms with Gasteiger partial charge >= 0.3 is 6.18 Å². The van der Waals surface area contributed by atoms with Crippen molar-refractivity contribution in [1.82, 2.24) is 5.32 Å². The van der Waals surface area contributed by atoms with Crippen molar-refractivity contribution in [3.63, 3.8) is 0 Å². The molecule has 2 nitrogen and oxygen atoms in total. The number of rotatable bonds is 5. The summed E-state index contributed by atoms with van der Waals surface area (Å²) >= 11 is 0. The Morgan fingerprint density at radius 3 is 2.56 bits per heavy atom. The standard InChI is InChI=1S/C13H24F3NO/c1-4-17-11-10(6-5-7-12(11,2)3)18-9-8-13(14,15)16/h10-11,17H,4-9H2,1-3H3. The molecule has 0 aromatic carbocycles. The monoisotopic (exact) mass is 267 g/mol. The third-order valence-corrected chi connectivity index (χ3v) is 3.66. The smallest absolute Gasteiger partial charge is 0.376 e. The highest BCUT2D eigenvalue weighted by Crippen LogP contribution is 2.37. The maximum Gasteiger partial charge on any atom is 0.391 e. The Labute approximate surface area is 107 Å². The normalized spacial score (nSPS) is 28.3. The quantitative estimate of drug-likeness (QED) is 0.823. The summed E-state index contributed by atoms with van der Waals surface area (Å²) in [5.41, 5.74) is 0.0805. The predicted octanol–water partition coefficient (Wildman–Crippen LogP) is 3.51. The average molecular weight is 267 g/mol. The molecule has 0 aliphatic heterocycles. The number of ether oxygens (including phenoxy) is 1. The van der Waals surface area contributed by atoms with Crippen LogP contribution in [-0.2, 0) is 4.74 Å². The van der Waals surface area contributed by atoms with E-state index >= 15 is 0 Å². The van der Waals surface area contributed by atoms with Crippen molar-refractivity contribution in [3.05, 3.63) is 0 Å². The Kier molecular flexibility index (Phi) is 5.46.